The van der Waals surface area contributed by atoms with Gasteiger partial charge in [0.15, 0.2) is 23.2 Å². The number of rotatable bonds is 9. The zero-order valence-electron chi connectivity index (χ0n) is 21.5. The molecular formula is C32H34F4O. The van der Waals surface area contributed by atoms with Crippen molar-refractivity contribution < 1.29 is 22.3 Å². The molecule has 4 rings (SSSR count). The largest absolute Gasteiger partial charge is 0.490 e. The van der Waals surface area contributed by atoms with Crippen molar-refractivity contribution in [3.63, 3.8) is 0 Å². The topological polar surface area (TPSA) is 9.23 Å². The molecule has 5 heteroatoms. The molecule has 196 valence electrons. The Morgan fingerprint density at radius 1 is 0.757 bits per heavy atom. The third-order valence-electron chi connectivity index (χ3n) is 7.39. The molecule has 3 aromatic carbocycles. The Morgan fingerprint density at radius 3 is 1.95 bits per heavy atom. The van der Waals surface area contributed by atoms with E-state index in [9.17, 15) is 8.78 Å². The summed E-state index contributed by atoms with van der Waals surface area (Å²) in [6, 6.07) is 12.6. The lowest BCUT2D eigenvalue weighted by Crippen LogP contribution is -2.15. The van der Waals surface area contributed by atoms with Crippen LogP contribution in [0.4, 0.5) is 17.6 Å². The normalized spacial score (nSPS) is 17.9. The van der Waals surface area contributed by atoms with E-state index in [2.05, 4.69) is 12.2 Å². The third-order valence-corrected chi connectivity index (χ3v) is 7.39. The Morgan fingerprint density at radius 2 is 1.35 bits per heavy atom. The lowest BCUT2D eigenvalue weighted by molar-refractivity contribution is 0.295. The second-order valence-corrected chi connectivity index (χ2v) is 9.86. The van der Waals surface area contributed by atoms with Gasteiger partial charge in [-0.1, -0.05) is 55.5 Å². The second kappa shape index (κ2) is 12.4. The van der Waals surface area contributed by atoms with Crippen LogP contribution in [0.15, 0.2) is 60.7 Å². The van der Waals surface area contributed by atoms with Crippen LogP contribution in [0, 0.1) is 29.2 Å². The number of allylic oxidation sites excluding steroid dienone is 2. The van der Waals surface area contributed by atoms with Gasteiger partial charge in [0.05, 0.1) is 6.61 Å². The molecule has 1 saturated carbocycles. The standard InChI is InChI=1S/C32H34F4O/c1-3-5-6-7-21-8-10-22(11-9-21)25-16-17-26(30(34)29(25)33)23-12-14-24(15-13-23)27-18-19-28(37-20-4-2)32(36)31(27)35/h3,5,12-19,21-22H,4,6-11,20H2,1-2H3/b5-3+. The van der Waals surface area contributed by atoms with E-state index in [1.807, 2.05) is 13.8 Å². The van der Waals surface area contributed by atoms with Crippen LogP contribution < -0.4 is 4.74 Å². The SMILES string of the molecule is C/C=C/CCC1CCC(c2ccc(-c3ccc(-c4ccc(OCCC)c(F)c4F)cc3)c(F)c2F)CC1. The molecule has 37 heavy (non-hydrogen) atoms. The van der Waals surface area contributed by atoms with E-state index in [0.29, 0.717) is 35.6 Å². The summed E-state index contributed by atoms with van der Waals surface area (Å²) < 4.78 is 64.6. The minimum Gasteiger partial charge on any atom is -0.490 e. The summed E-state index contributed by atoms with van der Waals surface area (Å²) in [6.07, 6.45) is 11.0. The molecule has 0 spiro atoms. The number of hydrogen-bond donors (Lipinski definition) is 0. The Hall–Kier alpha value is -3.08. The predicted octanol–water partition coefficient (Wildman–Crippen LogP) is 10.00. The first-order chi connectivity index (χ1) is 17.9. The van der Waals surface area contributed by atoms with Crippen molar-refractivity contribution in [1.82, 2.24) is 0 Å². The zero-order chi connectivity index (χ0) is 26.4. The Balaban J connectivity index is 1.49. The van der Waals surface area contributed by atoms with Gasteiger partial charge in [-0.15, -0.1) is 0 Å². The highest BCUT2D eigenvalue weighted by Crippen LogP contribution is 2.40. The van der Waals surface area contributed by atoms with Gasteiger partial charge in [0, 0.05) is 11.1 Å². The minimum absolute atomic E-state index is 0.0334. The lowest BCUT2D eigenvalue weighted by atomic mass is 9.77. The van der Waals surface area contributed by atoms with E-state index in [0.717, 1.165) is 38.5 Å². The molecule has 0 bridgehead atoms. The molecule has 0 aliphatic heterocycles. The fourth-order valence-corrected chi connectivity index (χ4v) is 5.27. The van der Waals surface area contributed by atoms with Crippen molar-refractivity contribution in [2.45, 2.75) is 64.7 Å². The van der Waals surface area contributed by atoms with Crippen LogP contribution in [0.1, 0.15) is 70.3 Å². The fourth-order valence-electron chi connectivity index (χ4n) is 5.27. The predicted molar refractivity (Wildman–Crippen MR) is 142 cm³/mol. The summed E-state index contributed by atoms with van der Waals surface area (Å²) in [7, 11) is 0. The number of hydrogen-bond acceptors (Lipinski definition) is 1. The smallest absolute Gasteiger partial charge is 0.201 e. The number of benzene rings is 3. The van der Waals surface area contributed by atoms with Crippen LogP contribution >= 0.6 is 0 Å². The lowest BCUT2D eigenvalue weighted by Gasteiger charge is -2.29. The van der Waals surface area contributed by atoms with Gasteiger partial charge in [0.1, 0.15) is 0 Å². The van der Waals surface area contributed by atoms with E-state index >= 15 is 8.78 Å². The van der Waals surface area contributed by atoms with Crippen LogP contribution in [-0.2, 0) is 0 Å². The van der Waals surface area contributed by atoms with Gasteiger partial charge in [-0.25, -0.2) is 13.2 Å². The van der Waals surface area contributed by atoms with Crippen molar-refractivity contribution in [2.75, 3.05) is 6.61 Å². The summed E-state index contributed by atoms with van der Waals surface area (Å²) in [4.78, 5) is 0. The molecule has 0 aromatic heterocycles. The van der Waals surface area contributed by atoms with Crippen LogP contribution in [-0.4, -0.2) is 6.61 Å². The van der Waals surface area contributed by atoms with Gasteiger partial charge in [0.2, 0.25) is 5.82 Å². The number of halogens is 4. The second-order valence-electron chi connectivity index (χ2n) is 9.86. The summed E-state index contributed by atoms with van der Waals surface area (Å²) in [5, 5.41) is 0. The van der Waals surface area contributed by atoms with E-state index < -0.39 is 23.3 Å². The van der Waals surface area contributed by atoms with Gasteiger partial charge < -0.3 is 4.74 Å². The van der Waals surface area contributed by atoms with Crippen molar-refractivity contribution >= 4 is 0 Å². The van der Waals surface area contributed by atoms with E-state index in [1.54, 1.807) is 36.4 Å². The molecule has 1 fully saturated rings. The first-order valence-electron chi connectivity index (χ1n) is 13.2. The van der Waals surface area contributed by atoms with Gasteiger partial charge in [-0.3, -0.25) is 0 Å². The molecule has 0 saturated heterocycles. The van der Waals surface area contributed by atoms with Gasteiger partial charge in [-0.05, 0) is 92.5 Å². The molecule has 1 aliphatic carbocycles. The van der Waals surface area contributed by atoms with E-state index in [1.165, 1.54) is 12.1 Å². The maximum atomic E-state index is 15.2. The summed E-state index contributed by atoms with van der Waals surface area (Å²) >= 11 is 0. The number of ether oxygens (including phenoxy) is 1. The van der Waals surface area contributed by atoms with Crippen LogP contribution in [0.2, 0.25) is 0 Å². The first kappa shape index (κ1) is 27.0. The van der Waals surface area contributed by atoms with Crippen molar-refractivity contribution in [3.8, 4) is 28.0 Å². The quantitative estimate of drug-likeness (QED) is 0.206. The first-order valence-corrected chi connectivity index (χ1v) is 13.2. The Kier molecular flexibility index (Phi) is 9.07. The Labute approximate surface area is 217 Å². The highest BCUT2D eigenvalue weighted by Gasteiger charge is 2.26. The summed E-state index contributed by atoms with van der Waals surface area (Å²) in [5.41, 5.74) is 1.60. The molecule has 1 nitrogen and oxygen atoms in total. The summed E-state index contributed by atoms with van der Waals surface area (Å²) in [6.45, 7) is 4.20. The van der Waals surface area contributed by atoms with Crippen molar-refractivity contribution in [1.29, 1.82) is 0 Å². The fraction of sp³-hybridized carbons (Fsp3) is 0.375. The molecule has 1 aliphatic rings. The van der Waals surface area contributed by atoms with Crippen molar-refractivity contribution in [3.05, 3.63) is 89.5 Å². The highest BCUT2D eigenvalue weighted by molar-refractivity contribution is 5.72. The van der Waals surface area contributed by atoms with Crippen molar-refractivity contribution in [2.24, 2.45) is 5.92 Å². The van der Waals surface area contributed by atoms with Gasteiger partial charge >= 0.3 is 0 Å². The Bertz CT molecular complexity index is 1220. The molecule has 0 amide bonds. The minimum atomic E-state index is -1.04. The molecule has 0 heterocycles. The van der Waals surface area contributed by atoms with Crippen LogP contribution in [0.5, 0.6) is 5.75 Å². The van der Waals surface area contributed by atoms with Crippen LogP contribution in [0.25, 0.3) is 22.3 Å². The zero-order valence-corrected chi connectivity index (χ0v) is 21.5. The summed E-state index contributed by atoms with van der Waals surface area (Å²) in [5.74, 6) is -3.13. The maximum absolute atomic E-state index is 15.2. The molecule has 0 atom stereocenters. The van der Waals surface area contributed by atoms with E-state index in [4.69, 9.17) is 4.74 Å². The van der Waals surface area contributed by atoms with E-state index in [-0.39, 0.29) is 22.8 Å². The molecule has 3 aromatic rings. The molecule has 0 radical (unpaired) electrons. The van der Waals surface area contributed by atoms with Crippen LogP contribution in [0.3, 0.4) is 0 Å². The molecule has 0 unspecified atom stereocenters. The highest BCUT2D eigenvalue weighted by atomic mass is 19.2. The van der Waals surface area contributed by atoms with Gasteiger partial charge in [-0.2, -0.15) is 4.39 Å². The van der Waals surface area contributed by atoms with Gasteiger partial charge in [0.25, 0.3) is 0 Å². The average molecular weight is 511 g/mol. The monoisotopic (exact) mass is 510 g/mol. The third kappa shape index (κ3) is 6.08. The molecular weight excluding hydrogens is 476 g/mol. The maximum Gasteiger partial charge on any atom is 0.201 e. The molecule has 0 N–H and O–H groups in total. The average Bonchev–Trinajstić information content (AvgIpc) is 2.92.